The van der Waals surface area contributed by atoms with Crippen LogP contribution in [0.4, 0.5) is 0 Å². The van der Waals surface area contributed by atoms with Gasteiger partial charge in [-0.15, -0.1) is 0 Å². The van der Waals surface area contributed by atoms with Crippen LogP contribution in [0.3, 0.4) is 0 Å². The van der Waals surface area contributed by atoms with Gasteiger partial charge < -0.3 is 27.4 Å². The van der Waals surface area contributed by atoms with Crippen LogP contribution < -0.4 is 0 Å². The van der Waals surface area contributed by atoms with Crippen LogP contribution in [0.2, 0.25) is 0 Å². The van der Waals surface area contributed by atoms with Crippen molar-refractivity contribution in [2.75, 3.05) is 0 Å². The summed E-state index contributed by atoms with van der Waals surface area (Å²) < 4.78 is 14.6. The number of para-hydroxylation sites is 7. The first-order valence-corrected chi connectivity index (χ1v) is 44.5. The SMILES string of the molecule is CC.CC.CC.CC.CC.CC.CC.CC.CC.CC.CC.CC.CCn1c2ccccc2c2ccc(-c3ccc4c5ccccc5n(CC)c4c3)cc21.CCn1c2ccccc2c2ccc(-c3cccc4c3c3ccccc3n4CC)cc21.CCn1c2ccccc2c2ccc(-c3cccc4c5ccccc5n(CC)c34)cc21. The largest absolute Gasteiger partial charge is 0.341 e. The summed E-state index contributed by atoms with van der Waals surface area (Å²) in [4.78, 5) is 0. The first-order valence-electron chi connectivity index (χ1n) is 44.5. The molecule has 6 nitrogen and oxygen atoms in total. The molecule has 0 saturated carbocycles. The Morgan fingerprint density at radius 3 is 0.675 bits per heavy atom. The fraction of sp³-hybridized carbons (Fsp3) is 0.333. The van der Waals surface area contributed by atoms with Gasteiger partial charge in [0.2, 0.25) is 0 Å². The fourth-order valence-corrected chi connectivity index (χ4v) is 15.6. The summed E-state index contributed by atoms with van der Waals surface area (Å²) in [5, 5.41) is 16.0. The van der Waals surface area contributed by atoms with Crippen molar-refractivity contribution < 1.29 is 0 Å². The Morgan fingerprint density at radius 1 is 0.158 bits per heavy atom. The summed E-state index contributed by atoms with van der Waals surface area (Å²) in [6.45, 7) is 67.2. The third-order valence-corrected chi connectivity index (χ3v) is 19.5. The highest BCUT2D eigenvalue weighted by Gasteiger charge is 2.20. The highest BCUT2D eigenvalue weighted by molar-refractivity contribution is 6.18. The molecule has 6 aromatic heterocycles. The van der Waals surface area contributed by atoms with Crippen LogP contribution in [0, 0.1) is 0 Å². The van der Waals surface area contributed by atoms with Crippen molar-refractivity contribution in [1.82, 2.24) is 27.4 Å². The molecule has 0 unspecified atom stereocenters. The van der Waals surface area contributed by atoms with Crippen LogP contribution >= 0.6 is 0 Å². The Morgan fingerprint density at radius 2 is 0.360 bits per heavy atom. The van der Waals surface area contributed by atoms with E-state index in [4.69, 9.17) is 0 Å². The first-order chi connectivity index (χ1) is 56.4. The van der Waals surface area contributed by atoms with Crippen molar-refractivity contribution in [2.45, 2.75) is 247 Å². The minimum atomic E-state index is 0.957. The van der Waals surface area contributed by atoms with Gasteiger partial charge in [0.1, 0.15) is 0 Å². The van der Waals surface area contributed by atoms with Crippen molar-refractivity contribution in [3.63, 3.8) is 0 Å². The molecule has 114 heavy (non-hydrogen) atoms. The molecule has 0 spiro atoms. The lowest BCUT2D eigenvalue weighted by Gasteiger charge is -2.10. The van der Waals surface area contributed by atoms with E-state index < -0.39 is 0 Å². The van der Waals surface area contributed by atoms with E-state index in [-0.39, 0.29) is 0 Å². The van der Waals surface area contributed by atoms with Crippen LogP contribution in [0.15, 0.2) is 255 Å². The molecule has 6 heterocycles. The van der Waals surface area contributed by atoms with E-state index >= 15 is 0 Å². The van der Waals surface area contributed by atoms with Crippen LogP contribution in [-0.2, 0) is 39.3 Å². The highest BCUT2D eigenvalue weighted by atomic mass is 15.0. The van der Waals surface area contributed by atoms with E-state index in [1.165, 1.54) is 164 Å². The zero-order valence-corrected chi connectivity index (χ0v) is 76.2. The molecule has 12 aromatic carbocycles. The minimum Gasteiger partial charge on any atom is -0.341 e. The summed E-state index contributed by atoms with van der Waals surface area (Å²) in [6, 6.07) is 93.7. The van der Waals surface area contributed by atoms with Gasteiger partial charge in [-0.05, 0) is 136 Å². The Hall–Kier alpha value is -10.6. The lowest BCUT2D eigenvalue weighted by Crippen LogP contribution is -1.96. The number of rotatable bonds is 9. The Kier molecular flexibility index (Phi) is 41.9. The fourth-order valence-electron chi connectivity index (χ4n) is 15.6. The number of aromatic nitrogens is 6. The predicted molar refractivity (Wildman–Crippen MR) is 524 cm³/mol. The van der Waals surface area contributed by atoms with Gasteiger partial charge in [0.25, 0.3) is 0 Å². The standard InChI is InChI=1S/3C28H24N2.12C2H6/c1-3-29-25-14-7-5-10-21(25)23-17-16-19(18-27(23)29)20-12-9-13-24-22-11-6-8-15-26(22)30(4-2)28(20)24;1-3-29-25-14-8-6-11-23(25)28-20(12-9-15-26(28)29)19-16-17-22-21-10-5-7-13-24(21)30(4-2)27(22)18-19;1-3-29-25-11-7-5-9-21(25)23-15-13-19(17-27(23)29)20-14-16-24-22-10-6-8-12-26(22)30(4-2)28(24)18-20;12*1-2/h3*5-18H,3-4H2,1-2H3;12*1-2H3. The summed E-state index contributed by atoms with van der Waals surface area (Å²) in [7, 11) is 0. The molecule has 0 aliphatic carbocycles. The van der Waals surface area contributed by atoms with Gasteiger partial charge in [0.15, 0.2) is 0 Å². The molecule has 0 saturated heterocycles. The third-order valence-electron chi connectivity index (χ3n) is 19.5. The molecule has 0 aliphatic rings. The van der Waals surface area contributed by atoms with Crippen molar-refractivity contribution >= 4 is 131 Å². The van der Waals surface area contributed by atoms with Crippen molar-refractivity contribution in [3.8, 4) is 33.4 Å². The molecule has 18 rings (SSSR count). The van der Waals surface area contributed by atoms with Gasteiger partial charge in [-0.3, -0.25) is 0 Å². The van der Waals surface area contributed by atoms with E-state index in [2.05, 4.69) is 324 Å². The quantitative estimate of drug-likeness (QED) is 0.138. The van der Waals surface area contributed by atoms with Crippen molar-refractivity contribution in [1.29, 1.82) is 0 Å². The molecule has 18 aromatic rings. The predicted octanol–water partition coefficient (Wildman–Crippen LogP) is 35.1. The lowest BCUT2D eigenvalue weighted by molar-refractivity contribution is 0.826. The van der Waals surface area contributed by atoms with Gasteiger partial charge in [-0.2, -0.15) is 0 Å². The van der Waals surface area contributed by atoms with E-state index in [1.54, 1.807) is 0 Å². The molecule has 0 N–H and O–H groups in total. The average molecular weight is 1530 g/mol. The molecular weight excluding hydrogens is 1380 g/mol. The van der Waals surface area contributed by atoms with Crippen LogP contribution in [0.1, 0.15) is 208 Å². The maximum atomic E-state index is 2.46. The maximum Gasteiger partial charge on any atom is 0.0570 e. The molecule has 6 heteroatoms. The summed E-state index contributed by atoms with van der Waals surface area (Å²) in [5.41, 5.74) is 23.5. The topological polar surface area (TPSA) is 29.6 Å². The molecule has 0 atom stereocenters. The summed E-state index contributed by atoms with van der Waals surface area (Å²) >= 11 is 0. The second-order valence-corrected chi connectivity index (χ2v) is 23.9. The van der Waals surface area contributed by atoms with Gasteiger partial charge in [0.05, 0.1) is 5.52 Å². The van der Waals surface area contributed by atoms with Crippen LogP contribution in [0.5, 0.6) is 0 Å². The molecule has 0 fully saturated rings. The third kappa shape index (κ3) is 19.1. The number of nitrogens with zero attached hydrogens (tertiary/aromatic N) is 6. The molecule has 0 aliphatic heterocycles. The van der Waals surface area contributed by atoms with Gasteiger partial charge >= 0.3 is 0 Å². The van der Waals surface area contributed by atoms with Gasteiger partial charge in [-0.1, -0.05) is 354 Å². The smallest absolute Gasteiger partial charge is 0.0570 e. The number of hydrogen-bond acceptors (Lipinski definition) is 0. The van der Waals surface area contributed by atoms with Crippen LogP contribution in [-0.4, -0.2) is 27.4 Å². The maximum absolute atomic E-state index is 2.46. The Balaban J connectivity index is 0.000000318. The number of fused-ring (bicyclic) bond motifs is 18. The number of aryl methyl sites for hydroxylation is 6. The Labute approximate surface area is 689 Å². The monoisotopic (exact) mass is 1530 g/mol. The van der Waals surface area contributed by atoms with E-state index in [0.29, 0.717) is 0 Å². The van der Waals surface area contributed by atoms with Gasteiger partial charge in [-0.25, -0.2) is 0 Å². The lowest BCUT2D eigenvalue weighted by atomic mass is 9.98. The second-order valence-electron chi connectivity index (χ2n) is 23.9. The Bertz CT molecular complexity index is 5690. The highest BCUT2D eigenvalue weighted by Crippen LogP contribution is 2.42. The molecule has 606 valence electrons. The normalized spacial score (nSPS) is 10.1. The summed E-state index contributed by atoms with van der Waals surface area (Å²) in [6.07, 6.45) is 0. The minimum absolute atomic E-state index is 0.957. The van der Waals surface area contributed by atoms with E-state index in [9.17, 15) is 0 Å². The zero-order valence-electron chi connectivity index (χ0n) is 76.2. The molecule has 0 radical (unpaired) electrons. The zero-order chi connectivity index (χ0) is 84.7. The second kappa shape index (κ2) is 49.8. The molecule has 0 amide bonds. The van der Waals surface area contributed by atoms with E-state index in [1.807, 2.05) is 166 Å². The average Bonchev–Trinajstić information content (AvgIpc) is 1.62. The number of hydrogen-bond donors (Lipinski definition) is 0. The summed E-state index contributed by atoms with van der Waals surface area (Å²) in [5.74, 6) is 0. The number of benzene rings is 12. The first kappa shape index (κ1) is 95.8. The molecular formula is C108H144N6. The van der Waals surface area contributed by atoms with Gasteiger partial charge in [0, 0.05) is 170 Å². The van der Waals surface area contributed by atoms with E-state index in [0.717, 1.165) is 39.3 Å². The van der Waals surface area contributed by atoms with Crippen LogP contribution in [0.25, 0.3) is 164 Å². The van der Waals surface area contributed by atoms with Crippen molar-refractivity contribution in [3.05, 3.63) is 255 Å². The van der Waals surface area contributed by atoms with Crippen molar-refractivity contribution in [2.24, 2.45) is 0 Å². The molecule has 0 bridgehead atoms.